The average molecular weight is 442 g/mol. The Morgan fingerprint density at radius 3 is 2.60 bits per heavy atom. The van der Waals surface area contributed by atoms with Crippen LogP contribution in [-0.2, 0) is 23.9 Å². The van der Waals surface area contributed by atoms with Crippen molar-refractivity contribution in [1.29, 1.82) is 0 Å². The van der Waals surface area contributed by atoms with E-state index in [-0.39, 0.29) is 11.3 Å². The number of nitrogens with zero attached hydrogens (tertiary/aromatic N) is 2. The molecule has 0 spiro atoms. The zero-order chi connectivity index (χ0) is 22.3. The number of anilines is 2. The highest BCUT2D eigenvalue weighted by molar-refractivity contribution is 7.11. The van der Waals surface area contributed by atoms with Crippen molar-refractivity contribution in [2.45, 2.75) is 53.3 Å². The van der Waals surface area contributed by atoms with Crippen molar-refractivity contribution < 1.29 is 22.7 Å². The van der Waals surface area contributed by atoms with Crippen LogP contribution in [0.2, 0.25) is 0 Å². The van der Waals surface area contributed by atoms with E-state index < -0.39 is 11.2 Å². The summed E-state index contributed by atoms with van der Waals surface area (Å²) in [6, 6.07) is 3.74. The van der Waals surface area contributed by atoms with Crippen LogP contribution in [0, 0.1) is 12.3 Å². The summed E-state index contributed by atoms with van der Waals surface area (Å²) in [5.41, 5.74) is 2.67. The molecule has 1 amide bonds. The smallest absolute Gasteiger partial charge is 0.443 e. The number of carbonyl (C=O) groups is 1. The third-order valence-electron chi connectivity index (χ3n) is 4.80. The largest absolute Gasteiger partial charge is 0.494 e. The molecule has 0 saturated carbocycles. The zero-order valence-corrected chi connectivity index (χ0v) is 18.6. The number of aromatic nitrogens is 1. The molecular weight excluding hydrogens is 415 g/mol. The molecule has 5 nitrogen and oxygen atoms in total. The van der Waals surface area contributed by atoms with Crippen molar-refractivity contribution in [3.63, 3.8) is 0 Å². The first-order valence-corrected chi connectivity index (χ1v) is 10.5. The van der Waals surface area contributed by atoms with E-state index in [4.69, 9.17) is 4.74 Å². The summed E-state index contributed by atoms with van der Waals surface area (Å²) in [4.78, 5) is 18.8. The van der Waals surface area contributed by atoms with Gasteiger partial charge in [0.15, 0.2) is 5.01 Å². The van der Waals surface area contributed by atoms with Crippen LogP contribution in [0.3, 0.4) is 0 Å². The maximum Gasteiger partial charge on any atom is 0.443 e. The van der Waals surface area contributed by atoms with E-state index in [0.29, 0.717) is 59.3 Å². The number of ether oxygens (including phenoxy) is 1. The average Bonchev–Trinajstić information content (AvgIpc) is 3.05. The number of halogens is 3. The Morgan fingerprint density at radius 2 is 2.00 bits per heavy atom. The molecular formula is C21H26F3N3O2S. The molecule has 0 unspecified atom stereocenters. The van der Waals surface area contributed by atoms with E-state index >= 15 is 0 Å². The molecule has 3 rings (SSSR count). The van der Waals surface area contributed by atoms with Gasteiger partial charge in [0.05, 0.1) is 25.0 Å². The summed E-state index contributed by atoms with van der Waals surface area (Å²) in [6.07, 6.45) is -3.59. The van der Waals surface area contributed by atoms with E-state index in [9.17, 15) is 18.0 Å². The molecule has 0 aliphatic carbocycles. The van der Waals surface area contributed by atoms with E-state index in [2.05, 4.69) is 10.3 Å². The first-order valence-electron chi connectivity index (χ1n) is 9.66. The van der Waals surface area contributed by atoms with Gasteiger partial charge in [-0.1, -0.05) is 20.8 Å². The van der Waals surface area contributed by atoms with Crippen LogP contribution in [0.25, 0.3) is 0 Å². The highest BCUT2D eigenvalue weighted by atomic mass is 32.1. The van der Waals surface area contributed by atoms with Gasteiger partial charge in [-0.25, -0.2) is 4.98 Å². The normalized spacial score (nSPS) is 14.5. The fourth-order valence-electron chi connectivity index (χ4n) is 3.44. The van der Waals surface area contributed by atoms with Crippen LogP contribution in [0.4, 0.5) is 24.5 Å². The zero-order valence-electron chi connectivity index (χ0n) is 17.7. The predicted molar refractivity (Wildman–Crippen MR) is 112 cm³/mol. The highest BCUT2D eigenvalue weighted by Gasteiger charge is 2.37. The fraction of sp³-hybridized carbons (Fsp3) is 0.524. The van der Waals surface area contributed by atoms with E-state index in [0.717, 1.165) is 11.3 Å². The van der Waals surface area contributed by atoms with Gasteiger partial charge < -0.3 is 15.0 Å². The molecule has 1 aliphatic heterocycles. The summed E-state index contributed by atoms with van der Waals surface area (Å²) in [7, 11) is 1.53. The van der Waals surface area contributed by atoms with Crippen molar-refractivity contribution in [3.8, 4) is 5.75 Å². The molecule has 0 saturated heterocycles. The number of methoxy groups -OCH3 is 1. The summed E-state index contributed by atoms with van der Waals surface area (Å²) < 4.78 is 44.4. The second kappa shape index (κ2) is 8.09. The van der Waals surface area contributed by atoms with Crippen LogP contribution in [-0.4, -0.2) is 24.5 Å². The molecule has 0 bridgehead atoms. The molecule has 0 fully saturated rings. The van der Waals surface area contributed by atoms with Crippen molar-refractivity contribution in [3.05, 3.63) is 33.3 Å². The number of benzene rings is 1. The van der Waals surface area contributed by atoms with Gasteiger partial charge in [-0.3, -0.25) is 4.79 Å². The lowest BCUT2D eigenvalue weighted by atomic mass is 9.92. The Bertz CT molecular complexity index is 948. The highest BCUT2D eigenvalue weighted by Crippen LogP contribution is 2.39. The second-order valence-electron chi connectivity index (χ2n) is 8.68. The number of nitrogens with one attached hydrogen (secondary N) is 1. The molecule has 1 aromatic heterocycles. The summed E-state index contributed by atoms with van der Waals surface area (Å²) >= 11 is 0.706. The van der Waals surface area contributed by atoms with Crippen LogP contribution in [0.1, 0.15) is 48.3 Å². The summed E-state index contributed by atoms with van der Waals surface area (Å²) in [6.45, 7) is 8.78. The molecule has 164 valence electrons. The molecule has 30 heavy (non-hydrogen) atoms. The third kappa shape index (κ3) is 5.06. The van der Waals surface area contributed by atoms with E-state index in [1.807, 2.05) is 44.7 Å². The van der Waals surface area contributed by atoms with Crippen molar-refractivity contribution >= 4 is 28.6 Å². The van der Waals surface area contributed by atoms with Gasteiger partial charge in [-0.05, 0) is 24.0 Å². The SMILES string of the molecule is COc1cc(N2CCc3nc(C(F)(F)F)sc3C2)cc(C)c1NC(=O)CC(C)(C)C. The van der Waals surface area contributed by atoms with Crippen LogP contribution in [0.15, 0.2) is 12.1 Å². The minimum Gasteiger partial charge on any atom is -0.494 e. The van der Waals surface area contributed by atoms with Gasteiger partial charge >= 0.3 is 6.18 Å². The van der Waals surface area contributed by atoms with Crippen molar-refractivity contribution in [1.82, 2.24) is 4.98 Å². The Labute approximate surface area is 178 Å². The molecule has 1 aromatic carbocycles. The Hall–Kier alpha value is -2.29. The Balaban J connectivity index is 1.83. The molecule has 9 heteroatoms. The van der Waals surface area contributed by atoms with E-state index in [1.54, 1.807) is 0 Å². The molecule has 1 N–H and O–H groups in total. The minimum atomic E-state index is -4.42. The number of rotatable bonds is 4. The topological polar surface area (TPSA) is 54.5 Å². The lowest BCUT2D eigenvalue weighted by Gasteiger charge is -2.29. The molecule has 0 radical (unpaired) electrons. The predicted octanol–water partition coefficient (Wildman–Crippen LogP) is 5.42. The molecule has 1 aliphatic rings. The van der Waals surface area contributed by atoms with Gasteiger partial charge in [0.1, 0.15) is 5.75 Å². The number of amides is 1. The molecule has 2 heterocycles. The number of thiazole rings is 1. The van der Waals surface area contributed by atoms with E-state index in [1.165, 1.54) is 7.11 Å². The van der Waals surface area contributed by atoms with Gasteiger partial charge in [0.25, 0.3) is 0 Å². The molecule has 2 aromatic rings. The van der Waals surface area contributed by atoms with Crippen molar-refractivity contribution in [2.75, 3.05) is 23.9 Å². The number of hydrogen-bond donors (Lipinski definition) is 1. The first-order chi connectivity index (χ1) is 13.9. The fourth-order valence-corrected chi connectivity index (χ4v) is 4.43. The number of aryl methyl sites for hydroxylation is 1. The standard InChI is InChI=1S/C21H26F3N3O2S/c1-12-8-13(9-15(29-5)18(12)26-17(28)10-20(2,3)4)27-7-6-14-16(11-27)30-19(25-14)21(22,23)24/h8-9H,6-7,10-11H2,1-5H3,(H,26,28). The van der Waals surface area contributed by atoms with Crippen LogP contribution in [0.5, 0.6) is 5.75 Å². The van der Waals surface area contributed by atoms with Crippen LogP contribution < -0.4 is 15.0 Å². The second-order valence-corrected chi connectivity index (χ2v) is 9.77. The monoisotopic (exact) mass is 441 g/mol. The van der Waals surface area contributed by atoms with Gasteiger partial charge in [-0.15, -0.1) is 11.3 Å². The lowest BCUT2D eigenvalue weighted by molar-refractivity contribution is -0.137. The van der Waals surface area contributed by atoms with Gasteiger partial charge in [0, 0.05) is 36.0 Å². The molecule has 0 atom stereocenters. The maximum atomic E-state index is 13.0. The van der Waals surface area contributed by atoms with Gasteiger partial charge in [0.2, 0.25) is 5.91 Å². The lowest BCUT2D eigenvalue weighted by Crippen LogP contribution is -2.29. The number of hydrogen-bond acceptors (Lipinski definition) is 5. The van der Waals surface area contributed by atoms with Crippen LogP contribution >= 0.6 is 11.3 Å². The third-order valence-corrected chi connectivity index (χ3v) is 5.93. The summed E-state index contributed by atoms with van der Waals surface area (Å²) in [5.74, 6) is 0.432. The first kappa shape index (κ1) is 22.4. The Morgan fingerprint density at radius 1 is 1.30 bits per heavy atom. The van der Waals surface area contributed by atoms with Gasteiger partial charge in [-0.2, -0.15) is 13.2 Å². The maximum absolute atomic E-state index is 13.0. The summed E-state index contributed by atoms with van der Waals surface area (Å²) in [5, 5.41) is 2.14. The minimum absolute atomic E-state index is 0.0939. The Kier molecular flexibility index (Phi) is 6.04. The number of carbonyl (C=O) groups excluding carboxylic acids is 1. The number of fused-ring (bicyclic) bond motifs is 1. The number of alkyl halides is 3. The quantitative estimate of drug-likeness (QED) is 0.689. The van der Waals surface area contributed by atoms with Crippen molar-refractivity contribution in [2.24, 2.45) is 5.41 Å².